The molecule has 0 radical (unpaired) electrons. The first kappa shape index (κ1) is 20.1. The molecule has 2 aromatic rings. The van der Waals surface area contributed by atoms with Crippen LogP contribution < -0.4 is 13.6 Å². The number of carbonyl (C=O) groups excluding carboxylic acids is 2. The zero-order valence-electron chi connectivity index (χ0n) is 17.2. The Labute approximate surface area is 178 Å². The average Bonchev–Trinajstić information content (AvgIpc) is 3.16. The van der Waals surface area contributed by atoms with E-state index in [0.717, 1.165) is 0 Å². The molecule has 1 unspecified atom stereocenters. The van der Waals surface area contributed by atoms with Crippen LogP contribution in [0.15, 0.2) is 48.5 Å². The average molecular weight is 448 g/mol. The molecule has 1 atom stereocenters. The molecule has 3 aliphatic heterocycles. The van der Waals surface area contributed by atoms with Crippen LogP contribution in [-0.4, -0.2) is 30.5 Å². The maximum atomic E-state index is 13.5. The summed E-state index contributed by atoms with van der Waals surface area (Å²) < 4.78 is 41.8. The Morgan fingerprint density at radius 3 is 1.87 bits per heavy atom. The second kappa shape index (κ2) is 6.32. The van der Waals surface area contributed by atoms with Gasteiger partial charge >= 0.3 is 178 Å². The number of hydrogen-bond donors (Lipinski definition) is 0. The first-order valence-corrected chi connectivity index (χ1v) is 11.8. The van der Waals surface area contributed by atoms with Crippen molar-refractivity contribution in [2.45, 2.75) is 31.9 Å². The SMILES string of the molecule is CCOC(=O)C1(C(=O)OCC)OC2(C)OP13(Oc1ccccc1O3)Oc1ccccc12. The Hall–Kier alpha value is -2.87. The summed E-state index contributed by atoms with van der Waals surface area (Å²) >= 11 is 0. The quantitative estimate of drug-likeness (QED) is 0.393. The van der Waals surface area contributed by atoms with Crippen molar-refractivity contribution < 1.29 is 41.9 Å². The van der Waals surface area contributed by atoms with E-state index in [2.05, 4.69) is 0 Å². The Bertz CT molecular complexity index is 1060. The van der Waals surface area contributed by atoms with E-state index in [1.54, 1.807) is 69.3 Å². The molecular formula is C21H21O9P. The Morgan fingerprint density at radius 2 is 1.32 bits per heavy atom. The van der Waals surface area contributed by atoms with Crippen LogP contribution in [0.3, 0.4) is 0 Å². The predicted octanol–water partition coefficient (Wildman–Crippen LogP) is 3.81. The molecule has 164 valence electrons. The van der Waals surface area contributed by atoms with Gasteiger partial charge in [-0.2, -0.15) is 0 Å². The van der Waals surface area contributed by atoms with Crippen molar-refractivity contribution in [3.8, 4) is 17.2 Å². The molecule has 3 heterocycles. The molecule has 2 bridgehead atoms. The van der Waals surface area contributed by atoms with Crippen molar-refractivity contribution in [2.75, 3.05) is 13.2 Å². The van der Waals surface area contributed by atoms with Crippen LogP contribution in [0.5, 0.6) is 17.2 Å². The number of para-hydroxylation sites is 3. The third kappa shape index (κ3) is 2.31. The van der Waals surface area contributed by atoms with Gasteiger partial charge in [0.1, 0.15) is 0 Å². The van der Waals surface area contributed by atoms with Gasteiger partial charge in [0.25, 0.3) is 0 Å². The van der Waals surface area contributed by atoms with Crippen LogP contribution >= 0.6 is 7.51 Å². The van der Waals surface area contributed by atoms with Crippen LogP contribution in [0.4, 0.5) is 0 Å². The molecule has 9 nitrogen and oxygen atoms in total. The van der Waals surface area contributed by atoms with Gasteiger partial charge in [-0.3, -0.25) is 0 Å². The molecule has 0 aliphatic carbocycles. The van der Waals surface area contributed by atoms with E-state index in [1.807, 2.05) is 0 Å². The van der Waals surface area contributed by atoms with Crippen LogP contribution in [-0.2, 0) is 34.1 Å². The number of esters is 2. The number of ether oxygens (including phenoxy) is 3. The van der Waals surface area contributed by atoms with Gasteiger partial charge in [0.15, 0.2) is 0 Å². The van der Waals surface area contributed by atoms with E-state index in [4.69, 9.17) is 32.3 Å². The second-order valence-corrected chi connectivity index (χ2v) is 10.2. The van der Waals surface area contributed by atoms with Gasteiger partial charge in [0.2, 0.25) is 0 Å². The molecule has 1 saturated heterocycles. The van der Waals surface area contributed by atoms with Crippen LogP contribution in [0, 0.1) is 0 Å². The van der Waals surface area contributed by atoms with Crippen molar-refractivity contribution in [1.82, 2.24) is 0 Å². The molecule has 0 aromatic heterocycles. The van der Waals surface area contributed by atoms with Crippen molar-refractivity contribution in [3.63, 3.8) is 0 Å². The number of rotatable bonds is 4. The molecular weight excluding hydrogens is 427 g/mol. The first-order valence-electron chi connectivity index (χ1n) is 9.89. The monoisotopic (exact) mass is 448 g/mol. The first-order chi connectivity index (χ1) is 14.8. The summed E-state index contributed by atoms with van der Waals surface area (Å²) in [7, 11) is -5.27. The van der Waals surface area contributed by atoms with Gasteiger partial charge in [0.05, 0.1) is 0 Å². The Kier molecular flexibility index (Phi) is 4.09. The summed E-state index contributed by atoms with van der Waals surface area (Å²) in [6.45, 7) is 4.70. The topological polar surface area (TPSA) is 98.8 Å². The van der Waals surface area contributed by atoms with Gasteiger partial charge in [-0.25, -0.2) is 0 Å². The Morgan fingerprint density at radius 1 is 0.839 bits per heavy atom. The summed E-state index contributed by atoms with van der Waals surface area (Å²) in [4.78, 5) is 27.0. The molecule has 1 spiro atoms. The molecule has 0 amide bonds. The van der Waals surface area contributed by atoms with Crippen molar-refractivity contribution in [3.05, 3.63) is 54.1 Å². The summed E-state index contributed by atoms with van der Waals surface area (Å²) in [6, 6.07) is 13.5. The minimum atomic E-state index is -5.27. The normalized spacial score (nSPS) is 26.1. The van der Waals surface area contributed by atoms with E-state index in [1.165, 1.54) is 0 Å². The molecule has 2 aromatic carbocycles. The number of carbonyl (C=O) groups is 2. The molecule has 0 N–H and O–H groups in total. The van der Waals surface area contributed by atoms with Crippen LogP contribution in [0.25, 0.3) is 0 Å². The summed E-state index contributed by atoms with van der Waals surface area (Å²) in [5, 5.41) is -2.59. The molecule has 10 heteroatoms. The van der Waals surface area contributed by atoms with Gasteiger partial charge in [-0.1, -0.05) is 0 Å². The minimum absolute atomic E-state index is 0.0353. The van der Waals surface area contributed by atoms with Gasteiger partial charge in [-0.15, -0.1) is 0 Å². The fourth-order valence-electron chi connectivity index (χ4n) is 4.10. The maximum absolute atomic E-state index is 13.5. The van der Waals surface area contributed by atoms with Crippen molar-refractivity contribution >= 4 is 19.4 Å². The van der Waals surface area contributed by atoms with E-state index in [-0.39, 0.29) is 24.7 Å². The van der Waals surface area contributed by atoms with E-state index >= 15 is 0 Å². The molecule has 1 fully saturated rings. The fourth-order valence-corrected chi connectivity index (χ4v) is 8.10. The van der Waals surface area contributed by atoms with E-state index in [0.29, 0.717) is 11.3 Å². The number of hydrogen-bond acceptors (Lipinski definition) is 9. The summed E-state index contributed by atoms with van der Waals surface area (Å²) in [5.74, 6) is -2.98. The Balaban J connectivity index is 1.83. The van der Waals surface area contributed by atoms with Gasteiger partial charge in [0, 0.05) is 0 Å². The second-order valence-electron chi connectivity index (χ2n) is 7.25. The number of fused-ring (bicyclic) bond motifs is 4. The molecule has 0 saturated carbocycles. The number of benzene rings is 2. The van der Waals surface area contributed by atoms with E-state index in [9.17, 15) is 9.59 Å². The molecule has 5 rings (SSSR count). The zero-order valence-corrected chi connectivity index (χ0v) is 18.0. The van der Waals surface area contributed by atoms with Gasteiger partial charge < -0.3 is 0 Å². The fraction of sp³-hybridized carbons (Fsp3) is 0.333. The van der Waals surface area contributed by atoms with Crippen molar-refractivity contribution in [2.24, 2.45) is 0 Å². The standard InChI is InChI=1S/C21H21O9P/c1-4-24-18(22)21(19(23)25-5-2)29-20(3)14-10-6-7-11-15(14)26-31(21,30-20)27-16-12-8-9-13-17(16)28-31/h6-13H,4-5H2,1-3H3. The summed E-state index contributed by atoms with van der Waals surface area (Å²) in [5.41, 5.74) is 0.462. The third-order valence-electron chi connectivity index (χ3n) is 5.29. The van der Waals surface area contributed by atoms with Gasteiger partial charge in [-0.05, 0) is 0 Å². The summed E-state index contributed by atoms with van der Waals surface area (Å²) in [6.07, 6.45) is 0. The third-order valence-corrected chi connectivity index (χ3v) is 8.97. The molecule has 3 aliphatic rings. The van der Waals surface area contributed by atoms with Crippen LogP contribution in [0.2, 0.25) is 0 Å². The van der Waals surface area contributed by atoms with E-state index < -0.39 is 30.6 Å². The van der Waals surface area contributed by atoms with Crippen molar-refractivity contribution in [1.29, 1.82) is 0 Å². The predicted molar refractivity (Wildman–Crippen MR) is 107 cm³/mol. The zero-order chi connectivity index (χ0) is 21.9. The molecule has 31 heavy (non-hydrogen) atoms. The van der Waals surface area contributed by atoms with Crippen LogP contribution in [0.1, 0.15) is 26.3 Å².